The topological polar surface area (TPSA) is 69.7 Å². The molecule has 0 saturated heterocycles. The summed E-state index contributed by atoms with van der Waals surface area (Å²) in [6.07, 6.45) is -0.805. The van der Waals surface area contributed by atoms with Crippen molar-refractivity contribution < 1.29 is 36.1 Å². The largest absolute Gasteiger partial charge is 1.00 e. The first-order valence-electron chi connectivity index (χ1n) is 4.47. The predicted molar refractivity (Wildman–Crippen MR) is 57.9 cm³/mol. The Morgan fingerprint density at radius 2 is 1.88 bits per heavy atom. The Morgan fingerprint density at radius 3 is 2.38 bits per heavy atom. The van der Waals surface area contributed by atoms with Crippen LogP contribution in [0.4, 0.5) is 0 Å². The van der Waals surface area contributed by atoms with Crippen molar-refractivity contribution in [1.29, 1.82) is 0 Å². The van der Waals surface area contributed by atoms with Gasteiger partial charge in [-0.1, -0.05) is 18.2 Å². The van der Waals surface area contributed by atoms with E-state index in [-0.39, 0.29) is 31.0 Å². The van der Waals surface area contributed by atoms with Crippen LogP contribution in [0.5, 0.6) is 0 Å². The number of rotatable bonds is 2. The molecule has 1 aliphatic heterocycles. The normalized spacial score (nSPS) is 18.2. The smallest absolute Gasteiger partial charge is 1.00 e. The third-order valence-corrected chi connectivity index (χ3v) is 2.71. The van der Waals surface area contributed by atoms with Crippen molar-refractivity contribution in [2.75, 3.05) is 0 Å². The Labute approximate surface area is 122 Å². The molecule has 80 valence electrons. The number of hydrogen-bond acceptors (Lipinski definition) is 6. The van der Waals surface area contributed by atoms with E-state index in [1.807, 2.05) is 18.2 Å². The van der Waals surface area contributed by atoms with Gasteiger partial charge in [-0.2, -0.15) is 0 Å². The summed E-state index contributed by atoms with van der Waals surface area (Å²) in [5.41, 5.74) is -0.424. The molecule has 1 heterocycles. The fraction of sp³-hybridized carbons (Fsp3) is 0.333. The van der Waals surface area contributed by atoms with Gasteiger partial charge in [-0.3, -0.25) is 0 Å². The SMILES string of the molecule is CC(O)C1(c2ccccc2S)N=NN=N1.[H-].[Na+]. The van der Waals surface area contributed by atoms with Gasteiger partial charge in [0.1, 0.15) is 6.10 Å². The van der Waals surface area contributed by atoms with E-state index in [1.54, 1.807) is 13.0 Å². The van der Waals surface area contributed by atoms with E-state index in [4.69, 9.17) is 0 Å². The average molecular weight is 246 g/mol. The zero-order valence-electron chi connectivity index (χ0n) is 10.1. The summed E-state index contributed by atoms with van der Waals surface area (Å²) in [5, 5.41) is 24.5. The first-order chi connectivity index (χ1) is 7.17. The molecule has 2 rings (SSSR count). The molecule has 0 bridgehead atoms. The monoisotopic (exact) mass is 246 g/mol. The molecule has 1 aliphatic rings. The van der Waals surface area contributed by atoms with Crippen molar-refractivity contribution in [2.24, 2.45) is 20.7 Å². The Morgan fingerprint density at radius 1 is 1.31 bits per heavy atom. The zero-order chi connectivity index (χ0) is 10.9. The van der Waals surface area contributed by atoms with E-state index in [2.05, 4.69) is 33.3 Å². The summed E-state index contributed by atoms with van der Waals surface area (Å²) < 4.78 is 0. The molecule has 0 aliphatic carbocycles. The fourth-order valence-electron chi connectivity index (χ4n) is 1.48. The van der Waals surface area contributed by atoms with Gasteiger partial charge in [0.2, 0.25) is 5.66 Å². The van der Waals surface area contributed by atoms with Crippen LogP contribution in [0.15, 0.2) is 49.8 Å². The Kier molecular flexibility index (Phi) is 4.63. The molecule has 5 nitrogen and oxygen atoms in total. The van der Waals surface area contributed by atoms with Gasteiger partial charge in [-0.05, 0) is 23.4 Å². The number of thiol groups is 1. The Bertz CT molecular complexity index is 429. The minimum Gasteiger partial charge on any atom is -1.00 e. The van der Waals surface area contributed by atoms with Crippen molar-refractivity contribution in [1.82, 2.24) is 0 Å². The molecule has 0 radical (unpaired) electrons. The van der Waals surface area contributed by atoms with Crippen LogP contribution in [0.1, 0.15) is 13.9 Å². The summed E-state index contributed by atoms with van der Waals surface area (Å²) in [4.78, 5) is 0.707. The molecular formula is C9H11N4NaOS. The summed E-state index contributed by atoms with van der Waals surface area (Å²) in [6.45, 7) is 1.60. The van der Waals surface area contributed by atoms with Crippen molar-refractivity contribution in [3.8, 4) is 0 Å². The van der Waals surface area contributed by atoms with Gasteiger partial charge in [-0.25, -0.2) is 0 Å². The molecule has 0 amide bonds. The maximum absolute atomic E-state index is 9.74. The van der Waals surface area contributed by atoms with Crippen LogP contribution in [0.25, 0.3) is 0 Å². The van der Waals surface area contributed by atoms with Crippen LogP contribution in [-0.4, -0.2) is 11.2 Å². The van der Waals surface area contributed by atoms with Crippen LogP contribution in [0, 0.1) is 0 Å². The van der Waals surface area contributed by atoms with Gasteiger partial charge >= 0.3 is 29.6 Å². The Balaban J connectivity index is 0.00000128. The number of aliphatic hydroxyl groups is 1. The minimum absolute atomic E-state index is 0. The first-order valence-corrected chi connectivity index (χ1v) is 4.92. The van der Waals surface area contributed by atoms with E-state index >= 15 is 0 Å². The maximum atomic E-state index is 9.74. The van der Waals surface area contributed by atoms with E-state index in [0.29, 0.717) is 10.5 Å². The average Bonchev–Trinajstić information content (AvgIpc) is 2.68. The van der Waals surface area contributed by atoms with Gasteiger partial charge in [-0.15, -0.1) is 22.9 Å². The molecule has 7 heteroatoms. The van der Waals surface area contributed by atoms with Crippen LogP contribution in [-0.2, 0) is 5.66 Å². The number of aliphatic hydroxyl groups excluding tert-OH is 1. The van der Waals surface area contributed by atoms with Crippen molar-refractivity contribution in [2.45, 2.75) is 23.6 Å². The molecule has 0 spiro atoms. The van der Waals surface area contributed by atoms with E-state index in [1.165, 1.54) is 0 Å². The van der Waals surface area contributed by atoms with Crippen LogP contribution in [0.3, 0.4) is 0 Å². The maximum Gasteiger partial charge on any atom is 1.00 e. The fourth-order valence-corrected chi connectivity index (χ4v) is 1.81. The molecule has 16 heavy (non-hydrogen) atoms. The van der Waals surface area contributed by atoms with Gasteiger partial charge in [0.15, 0.2) is 0 Å². The summed E-state index contributed by atoms with van der Waals surface area (Å²) in [7, 11) is 0. The molecule has 1 aromatic rings. The third kappa shape index (κ3) is 2.21. The van der Waals surface area contributed by atoms with E-state index in [0.717, 1.165) is 0 Å². The van der Waals surface area contributed by atoms with E-state index < -0.39 is 11.8 Å². The van der Waals surface area contributed by atoms with Crippen molar-refractivity contribution in [3.63, 3.8) is 0 Å². The summed E-state index contributed by atoms with van der Waals surface area (Å²) >= 11 is 4.31. The van der Waals surface area contributed by atoms with Gasteiger partial charge < -0.3 is 6.53 Å². The number of benzene rings is 1. The number of nitrogens with zero attached hydrogens (tertiary/aromatic N) is 4. The second-order valence-electron chi connectivity index (χ2n) is 3.30. The summed E-state index contributed by atoms with van der Waals surface area (Å²) in [5.74, 6) is 0. The van der Waals surface area contributed by atoms with Crippen LogP contribution < -0.4 is 29.6 Å². The third-order valence-electron chi connectivity index (χ3n) is 2.32. The molecule has 1 N–H and O–H groups in total. The molecule has 0 aromatic heterocycles. The molecule has 1 aromatic carbocycles. The van der Waals surface area contributed by atoms with Crippen LogP contribution >= 0.6 is 12.6 Å². The van der Waals surface area contributed by atoms with Crippen molar-refractivity contribution >= 4 is 12.6 Å². The van der Waals surface area contributed by atoms with Gasteiger partial charge in [0, 0.05) is 10.5 Å². The Hall–Kier alpha value is -0.270. The molecule has 0 fully saturated rings. The predicted octanol–water partition coefficient (Wildman–Crippen LogP) is -0.542. The molecule has 1 atom stereocenters. The first kappa shape index (κ1) is 13.8. The summed E-state index contributed by atoms with van der Waals surface area (Å²) in [6, 6.07) is 7.30. The van der Waals surface area contributed by atoms with Crippen LogP contribution in [0.2, 0.25) is 0 Å². The molecule has 1 unspecified atom stereocenters. The molecule has 0 saturated carbocycles. The van der Waals surface area contributed by atoms with Gasteiger partial charge in [0.05, 0.1) is 0 Å². The van der Waals surface area contributed by atoms with Gasteiger partial charge in [0.25, 0.3) is 0 Å². The quantitative estimate of drug-likeness (QED) is 0.534. The standard InChI is InChI=1S/C9H10N4OS.Na.H/c1-6(14)9(10-12-13-11-9)7-4-2-3-5-8(7)15;;/h2-6,14-15H,1H3;;/q;+1;-1. The second-order valence-corrected chi connectivity index (χ2v) is 3.78. The van der Waals surface area contributed by atoms with Crippen molar-refractivity contribution in [3.05, 3.63) is 29.8 Å². The zero-order valence-corrected chi connectivity index (χ0v) is 12.0. The minimum atomic E-state index is -1.13. The second kappa shape index (κ2) is 5.37. The van der Waals surface area contributed by atoms with E-state index in [9.17, 15) is 5.11 Å². The number of hydrogen-bond donors (Lipinski definition) is 2. The molecular weight excluding hydrogens is 235 g/mol.